The van der Waals surface area contributed by atoms with Gasteiger partial charge in [-0.1, -0.05) is 19.1 Å². The maximum absolute atomic E-state index is 9.86. The SMILES string of the molecule is CCCOc1ccc(CCN=C=O)cc1. The zero-order valence-corrected chi connectivity index (χ0v) is 8.90. The summed E-state index contributed by atoms with van der Waals surface area (Å²) < 4.78 is 5.45. The molecule has 0 spiro atoms. The van der Waals surface area contributed by atoms with Gasteiger partial charge in [0.2, 0.25) is 6.08 Å². The minimum absolute atomic E-state index is 0.499. The molecule has 0 aliphatic carbocycles. The molecule has 80 valence electrons. The molecular formula is C12H15NO2. The third kappa shape index (κ3) is 4.43. The molecule has 0 radical (unpaired) electrons. The Labute approximate surface area is 89.8 Å². The van der Waals surface area contributed by atoms with Gasteiger partial charge in [0.05, 0.1) is 13.2 Å². The van der Waals surface area contributed by atoms with Crippen LogP contribution in [0.15, 0.2) is 29.3 Å². The first-order valence-corrected chi connectivity index (χ1v) is 5.12. The molecule has 0 saturated heterocycles. The summed E-state index contributed by atoms with van der Waals surface area (Å²) in [5.41, 5.74) is 1.15. The molecule has 3 heteroatoms. The van der Waals surface area contributed by atoms with Gasteiger partial charge < -0.3 is 4.74 Å². The van der Waals surface area contributed by atoms with Gasteiger partial charge in [-0.2, -0.15) is 0 Å². The Kier molecular flexibility index (Phi) is 5.20. The van der Waals surface area contributed by atoms with Crippen molar-refractivity contribution < 1.29 is 9.53 Å². The minimum Gasteiger partial charge on any atom is -0.494 e. The van der Waals surface area contributed by atoms with Crippen LogP contribution in [0.25, 0.3) is 0 Å². The summed E-state index contributed by atoms with van der Waals surface area (Å²) in [4.78, 5) is 13.4. The smallest absolute Gasteiger partial charge is 0.234 e. The van der Waals surface area contributed by atoms with Crippen LogP contribution in [0.3, 0.4) is 0 Å². The van der Waals surface area contributed by atoms with Crippen LogP contribution in [0.2, 0.25) is 0 Å². The second-order valence-electron chi connectivity index (χ2n) is 3.22. The average molecular weight is 205 g/mol. The number of hydrogen-bond donors (Lipinski definition) is 0. The second-order valence-corrected chi connectivity index (χ2v) is 3.22. The van der Waals surface area contributed by atoms with E-state index >= 15 is 0 Å². The number of ether oxygens (including phenoxy) is 1. The van der Waals surface area contributed by atoms with Crippen molar-refractivity contribution >= 4 is 6.08 Å². The van der Waals surface area contributed by atoms with Crippen LogP contribution in [-0.2, 0) is 11.2 Å². The van der Waals surface area contributed by atoms with Crippen molar-refractivity contribution in [3.05, 3.63) is 29.8 Å². The molecule has 0 aliphatic heterocycles. The first-order valence-electron chi connectivity index (χ1n) is 5.12. The third-order valence-corrected chi connectivity index (χ3v) is 1.97. The van der Waals surface area contributed by atoms with Crippen LogP contribution in [0.4, 0.5) is 0 Å². The fraction of sp³-hybridized carbons (Fsp3) is 0.417. The van der Waals surface area contributed by atoms with Crippen molar-refractivity contribution in [3.63, 3.8) is 0 Å². The molecule has 0 aliphatic rings. The van der Waals surface area contributed by atoms with Crippen molar-refractivity contribution in [2.24, 2.45) is 4.99 Å². The number of rotatable bonds is 6. The Hall–Kier alpha value is -1.60. The normalized spacial score (nSPS) is 9.40. The zero-order chi connectivity index (χ0) is 10.9. The van der Waals surface area contributed by atoms with Crippen LogP contribution in [0.5, 0.6) is 5.75 Å². The van der Waals surface area contributed by atoms with Gasteiger partial charge in [-0.25, -0.2) is 9.79 Å². The van der Waals surface area contributed by atoms with Crippen LogP contribution in [0, 0.1) is 0 Å². The van der Waals surface area contributed by atoms with Crippen LogP contribution >= 0.6 is 0 Å². The van der Waals surface area contributed by atoms with Gasteiger partial charge in [0, 0.05) is 0 Å². The van der Waals surface area contributed by atoms with Gasteiger partial charge in [-0.15, -0.1) is 0 Å². The number of hydrogen-bond acceptors (Lipinski definition) is 3. The van der Waals surface area contributed by atoms with E-state index in [4.69, 9.17) is 4.74 Å². The van der Waals surface area contributed by atoms with Gasteiger partial charge in [0.15, 0.2) is 0 Å². The third-order valence-electron chi connectivity index (χ3n) is 1.97. The summed E-state index contributed by atoms with van der Waals surface area (Å²) in [6.07, 6.45) is 3.30. The van der Waals surface area contributed by atoms with Gasteiger partial charge >= 0.3 is 0 Å². The van der Waals surface area contributed by atoms with E-state index in [1.165, 1.54) is 6.08 Å². The summed E-state index contributed by atoms with van der Waals surface area (Å²) in [5.74, 6) is 0.888. The number of aliphatic imine (C=N–C) groups is 1. The lowest BCUT2D eigenvalue weighted by atomic mass is 10.1. The van der Waals surface area contributed by atoms with E-state index in [1.54, 1.807) is 0 Å². The lowest BCUT2D eigenvalue weighted by Crippen LogP contribution is -1.95. The van der Waals surface area contributed by atoms with Gasteiger partial charge in [-0.3, -0.25) is 0 Å². The predicted octanol–water partition coefficient (Wildman–Crippen LogP) is 2.35. The first kappa shape index (κ1) is 11.5. The molecular weight excluding hydrogens is 190 g/mol. The quantitative estimate of drug-likeness (QED) is 0.528. The van der Waals surface area contributed by atoms with Gasteiger partial charge in [0.1, 0.15) is 5.75 Å². The standard InChI is InChI=1S/C12H15NO2/c1-2-9-15-12-5-3-11(4-6-12)7-8-13-10-14/h3-6H,2,7-9H2,1H3. The highest BCUT2D eigenvalue weighted by atomic mass is 16.5. The number of benzene rings is 1. The minimum atomic E-state index is 0.499. The van der Waals surface area contributed by atoms with Crippen molar-refractivity contribution in [3.8, 4) is 5.75 Å². The molecule has 1 aromatic carbocycles. The predicted molar refractivity (Wildman–Crippen MR) is 58.9 cm³/mol. The maximum Gasteiger partial charge on any atom is 0.234 e. The summed E-state index contributed by atoms with van der Waals surface area (Å²) >= 11 is 0. The zero-order valence-electron chi connectivity index (χ0n) is 8.90. The summed E-state index contributed by atoms with van der Waals surface area (Å²) in [5, 5.41) is 0. The van der Waals surface area contributed by atoms with Crippen LogP contribution in [0.1, 0.15) is 18.9 Å². The van der Waals surface area contributed by atoms with Crippen molar-refractivity contribution in [1.29, 1.82) is 0 Å². The van der Waals surface area contributed by atoms with Crippen molar-refractivity contribution in [2.75, 3.05) is 13.2 Å². The maximum atomic E-state index is 9.86. The van der Waals surface area contributed by atoms with Gasteiger partial charge in [-0.05, 0) is 30.5 Å². The molecule has 15 heavy (non-hydrogen) atoms. The van der Waals surface area contributed by atoms with Crippen molar-refractivity contribution in [2.45, 2.75) is 19.8 Å². The molecule has 0 unspecified atom stereocenters. The summed E-state index contributed by atoms with van der Waals surface area (Å²) in [7, 11) is 0. The van der Waals surface area contributed by atoms with E-state index in [2.05, 4.69) is 11.9 Å². The van der Waals surface area contributed by atoms with E-state index in [1.807, 2.05) is 24.3 Å². The fourth-order valence-corrected chi connectivity index (χ4v) is 1.20. The highest BCUT2D eigenvalue weighted by Crippen LogP contribution is 2.12. The Morgan fingerprint density at radius 3 is 2.67 bits per heavy atom. The Morgan fingerprint density at radius 1 is 1.33 bits per heavy atom. The summed E-state index contributed by atoms with van der Waals surface area (Å²) in [6, 6.07) is 7.86. The summed E-state index contributed by atoms with van der Waals surface area (Å²) in [6.45, 7) is 3.32. The van der Waals surface area contributed by atoms with E-state index in [-0.39, 0.29) is 0 Å². The number of isocyanates is 1. The van der Waals surface area contributed by atoms with E-state index < -0.39 is 0 Å². The Bertz CT molecular complexity index is 326. The van der Waals surface area contributed by atoms with Crippen molar-refractivity contribution in [1.82, 2.24) is 0 Å². The molecule has 1 rings (SSSR count). The topological polar surface area (TPSA) is 38.7 Å². The molecule has 0 aromatic heterocycles. The monoisotopic (exact) mass is 205 g/mol. The van der Waals surface area contributed by atoms with E-state index in [0.717, 1.165) is 30.8 Å². The van der Waals surface area contributed by atoms with E-state index in [0.29, 0.717) is 6.54 Å². The Morgan fingerprint density at radius 2 is 2.07 bits per heavy atom. The fourth-order valence-electron chi connectivity index (χ4n) is 1.20. The Balaban J connectivity index is 2.44. The molecule has 0 heterocycles. The second kappa shape index (κ2) is 6.80. The molecule has 0 saturated carbocycles. The molecule has 0 fully saturated rings. The highest BCUT2D eigenvalue weighted by molar-refractivity contribution is 5.33. The van der Waals surface area contributed by atoms with Gasteiger partial charge in [0.25, 0.3) is 0 Å². The average Bonchev–Trinajstić information content (AvgIpc) is 2.28. The number of carbonyl (C=O) groups excluding carboxylic acids is 1. The lowest BCUT2D eigenvalue weighted by Gasteiger charge is -2.04. The molecule has 0 N–H and O–H groups in total. The molecule has 0 atom stereocenters. The molecule has 1 aromatic rings. The van der Waals surface area contributed by atoms with Crippen LogP contribution < -0.4 is 4.74 Å². The van der Waals surface area contributed by atoms with E-state index in [9.17, 15) is 4.79 Å². The van der Waals surface area contributed by atoms with Crippen LogP contribution in [-0.4, -0.2) is 19.2 Å². The molecule has 3 nitrogen and oxygen atoms in total. The highest BCUT2D eigenvalue weighted by Gasteiger charge is 1.94. The lowest BCUT2D eigenvalue weighted by molar-refractivity contribution is 0.317. The first-order chi connectivity index (χ1) is 7.36. The molecule has 0 bridgehead atoms. The molecule has 0 amide bonds. The largest absolute Gasteiger partial charge is 0.494 e. The number of nitrogens with zero attached hydrogens (tertiary/aromatic N) is 1.